The highest BCUT2D eigenvalue weighted by Gasteiger charge is 2.37. The molecule has 1 fully saturated rings. The minimum Gasteiger partial charge on any atom is -0.374 e. The van der Waals surface area contributed by atoms with Crippen LogP contribution in [0.4, 0.5) is 30.4 Å². The standard InChI is InChI=1S/C32H41F3N6O/c1-21(22-8-4-3-5-9-22)42-31-38-27-15-19-41(30-26(32(33,34)35)11-6-16-36-30)18-14-25(27)29(39-31)37-24-13-12-23-10-7-17-40(2)28(23)20-24/h6,11-13,16,20-22,31,38H,3-5,7-10,14-15,17-19H2,1-2H3,(H,37,39). The second-order valence-electron chi connectivity index (χ2n) is 12.0. The van der Waals surface area contributed by atoms with Crippen LogP contribution in [0.2, 0.25) is 0 Å². The summed E-state index contributed by atoms with van der Waals surface area (Å²) in [5.74, 6) is 1.21. The number of nitrogens with zero attached hydrogens (tertiary/aromatic N) is 4. The zero-order valence-electron chi connectivity index (χ0n) is 24.5. The van der Waals surface area contributed by atoms with Gasteiger partial charge in [0.2, 0.25) is 6.35 Å². The number of benzene rings is 1. The lowest BCUT2D eigenvalue weighted by molar-refractivity contribution is -0.137. The maximum atomic E-state index is 13.8. The number of pyridine rings is 1. The molecule has 1 saturated carbocycles. The molecule has 0 amide bonds. The second-order valence-corrected chi connectivity index (χ2v) is 12.0. The first kappa shape index (κ1) is 28.8. The van der Waals surface area contributed by atoms with Gasteiger partial charge in [-0.05, 0) is 74.8 Å². The molecule has 10 heteroatoms. The first-order valence-electron chi connectivity index (χ1n) is 15.4. The number of aliphatic imine (C=N–C) groups is 1. The molecule has 0 saturated heterocycles. The van der Waals surface area contributed by atoms with Gasteiger partial charge in [0.25, 0.3) is 0 Å². The highest BCUT2D eigenvalue weighted by atomic mass is 19.4. The summed E-state index contributed by atoms with van der Waals surface area (Å²) in [6, 6.07) is 8.89. The third kappa shape index (κ3) is 6.23. The summed E-state index contributed by atoms with van der Waals surface area (Å²) in [4.78, 5) is 13.2. The molecule has 2 aromatic rings. The molecule has 7 nitrogen and oxygen atoms in total. The molecule has 4 heterocycles. The van der Waals surface area contributed by atoms with Crippen molar-refractivity contribution in [3.8, 4) is 0 Å². The Labute approximate surface area is 246 Å². The Morgan fingerprint density at radius 3 is 2.64 bits per heavy atom. The lowest BCUT2D eigenvalue weighted by Gasteiger charge is -2.33. The van der Waals surface area contributed by atoms with Crippen molar-refractivity contribution in [2.75, 3.05) is 41.8 Å². The van der Waals surface area contributed by atoms with Crippen molar-refractivity contribution >= 4 is 23.0 Å². The first-order valence-corrected chi connectivity index (χ1v) is 15.4. The van der Waals surface area contributed by atoms with Crippen LogP contribution in [0.15, 0.2) is 52.8 Å². The molecule has 1 aliphatic carbocycles. The smallest absolute Gasteiger partial charge is 0.374 e. The van der Waals surface area contributed by atoms with Gasteiger partial charge in [-0.25, -0.2) is 9.98 Å². The third-order valence-corrected chi connectivity index (χ3v) is 9.21. The molecular formula is C32H41F3N6O. The number of aryl methyl sites for hydroxylation is 1. The predicted molar refractivity (Wildman–Crippen MR) is 161 cm³/mol. The maximum Gasteiger partial charge on any atom is 0.419 e. The molecule has 0 radical (unpaired) electrons. The van der Waals surface area contributed by atoms with E-state index in [1.165, 1.54) is 55.6 Å². The molecule has 42 heavy (non-hydrogen) atoms. The number of fused-ring (bicyclic) bond motifs is 1. The van der Waals surface area contributed by atoms with Crippen molar-refractivity contribution in [2.24, 2.45) is 10.9 Å². The first-order chi connectivity index (χ1) is 20.3. The number of ether oxygens (including phenoxy) is 1. The van der Waals surface area contributed by atoms with E-state index in [2.05, 4.69) is 52.7 Å². The second kappa shape index (κ2) is 12.1. The number of hydrogen-bond donors (Lipinski definition) is 2. The molecule has 2 N–H and O–H groups in total. The number of aromatic nitrogens is 1. The van der Waals surface area contributed by atoms with Crippen LogP contribution in [0.25, 0.3) is 0 Å². The minimum absolute atomic E-state index is 0.0206. The van der Waals surface area contributed by atoms with Gasteiger partial charge in [-0.2, -0.15) is 13.2 Å². The number of hydrogen-bond acceptors (Lipinski definition) is 7. The molecule has 226 valence electrons. The Morgan fingerprint density at radius 2 is 1.83 bits per heavy atom. The molecule has 6 rings (SSSR count). The molecule has 3 aliphatic heterocycles. The van der Waals surface area contributed by atoms with Gasteiger partial charge in [-0.15, -0.1) is 0 Å². The molecule has 2 unspecified atom stereocenters. The number of alkyl halides is 3. The van der Waals surface area contributed by atoms with E-state index in [0.717, 1.165) is 48.2 Å². The Kier molecular flexibility index (Phi) is 8.34. The summed E-state index contributed by atoms with van der Waals surface area (Å²) in [5.41, 5.74) is 4.75. The van der Waals surface area contributed by atoms with Gasteiger partial charge in [0, 0.05) is 61.9 Å². The monoisotopic (exact) mass is 582 g/mol. The van der Waals surface area contributed by atoms with Crippen molar-refractivity contribution < 1.29 is 17.9 Å². The topological polar surface area (TPSA) is 65.0 Å². The maximum absolute atomic E-state index is 13.8. The number of rotatable bonds is 5. The van der Waals surface area contributed by atoms with Crippen LogP contribution < -0.4 is 20.4 Å². The molecule has 2 atom stereocenters. The zero-order valence-corrected chi connectivity index (χ0v) is 24.5. The van der Waals surface area contributed by atoms with Crippen LogP contribution in [-0.2, 0) is 17.3 Å². The van der Waals surface area contributed by atoms with Crippen molar-refractivity contribution in [2.45, 2.75) is 83.3 Å². The quantitative estimate of drug-likeness (QED) is 0.408. The summed E-state index contributed by atoms with van der Waals surface area (Å²) < 4.78 is 48.0. The summed E-state index contributed by atoms with van der Waals surface area (Å²) in [5, 5.41) is 7.09. The van der Waals surface area contributed by atoms with Gasteiger partial charge in [0.05, 0.1) is 11.7 Å². The molecular weight excluding hydrogens is 541 g/mol. The Balaban J connectivity index is 1.26. The summed E-state index contributed by atoms with van der Waals surface area (Å²) in [6.07, 6.45) is 5.81. The SMILES string of the molecule is CC(OC1N=C(Nc2ccc3c(c2)N(C)CCC3)C2=C(CCN(c3ncccc3C(F)(F)F)CC2)N1)C1CCCCC1. The largest absolute Gasteiger partial charge is 0.419 e. The van der Waals surface area contributed by atoms with E-state index >= 15 is 0 Å². The van der Waals surface area contributed by atoms with Crippen molar-refractivity contribution in [3.05, 3.63) is 58.9 Å². The number of halogens is 3. The van der Waals surface area contributed by atoms with Crippen molar-refractivity contribution in [1.29, 1.82) is 0 Å². The predicted octanol–water partition coefficient (Wildman–Crippen LogP) is 6.72. The lowest BCUT2D eigenvalue weighted by Crippen LogP contribution is -2.41. The van der Waals surface area contributed by atoms with Gasteiger partial charge in [0.1, 0.15) is 11.7 Å². The van der Waals surface area contributed by atoms with Gasteiger partial charge < -0.3 is 25.2 Å². The Hall–Kier alpha value is -3.27. The van der Waals surface area contributed by atoms with Gasteiger partial charge >= 0.3 is 6.18 Å². The van der Waals surface area contributed by atoms with Gasteiger partial charge in [-0.3, -0.25) is 0 Å². The fourth-order valence-electron chi connectivity index (χ4n) is 6.85. The fraction of sp³-hybridized carbons (Fsp3) is 0.562. The van der Waals surface area contributed by atoms with E-state index in [9.17, 15) is 13.2 Å². The highest BCUT2D eigenvalue weighted by molar-refractivity contribution is 6.09. The number of nitrogens with one attached hydrogen (secondary N) is 2. The summed E-state index contributed by atoms with van der Waals surface area (Å²) >= 11 is 0. The average Bonchev–Trinajstić information content (AvgIpc) is 3.20. The molecule has 1 aromatic carbocycles. The molecule has 0 spiro atoms. The average molecular weight is 583 g/mol. The van der Waals surface area contributed by atoms with Gasteiger partial charge in [-0.1, -0.05) is 25.3 Å². The third-order valence-electron chi connectivity index (χ3n) is 9.21. The Bertz CT molecular complexity index is 1340. The Morgan fingerprint density at radius 1 is 1.02 bits per heavy atom. The molecule has 0 bridgehead atoms. The summed E-state index contributed by atoms with van der Waals surface area (Å²) in [6.45, 7) is 3.97. The number of anilines is 3. The highest BCUT2D eigenvalue weighted by Crippen LogP contribution is 2.37. The van der Waals surface area contributed by atoms with Crippen LogP contribution >= 0.6 is 0 Å². The molecule has 1 aromatic heterocycles. The lowest BCUT2D eigenvalue weighted by atomic mass is 9.86. The van der Waals surface area contributed by atoms with Crippen LogP contribution in [-0.4, -0.2) is 50.0 Å². The van der Waals surface area contributed by atoms with Crippen LogP contribution in [0.5, 0.6) is 0 Å². The van der Waals surface area contributed by atoms with Gasteiger partial charge in [0.15, 0.2) is 0 Å². The van der Waals surface area contributed by atoms with E-state index in [1.807, 2.05) is 0 Å². The van der Waals surface area contributed by atoms with E-state index in [-0.39, 0.29) is 11.9 Å². The minimum atomic E-state index is -4.47. The number of amidine groups is 1. The van der Waals surface area contributed by atoms with E-state index in [4.69, 9.17) is 9.73 Å². The van der Waals surface area contributed by atoms with Crippen LogP contribution in [0.3, 0.4) is 0 Å². The summed E-state index contributed by atoms with van der Waals surface area (Å²) in [7, 11) is 2.12. The van der Waals surface area contributed by atoms with E-state index < -0.39 is 18.1 Å². The van der Waals surface area contributed by atoms with E-state index in [0.29, 0.717) is 31.8 Å². The normalized spacial score (nSPS) is 22.5. The van der Waals surface area contributed by atoms with Crippen LogP contribution in [0, 0.1) is 5.92 Å². The van der Waals surface area contributed by atoms with Crippen molar-refractivity contribution in [3.63, 3.8) is 0 Å². The van der Waals surface area contributed by atoms with Crippen molar-refractivity contribution in [1.82, 2.24) is 10.3 Å². The van der Waals surface area contributed by atoms with Crippen LogP contribution in [0.1, 0.15) is 69.4 Å². The zero-order chi connectivity index (χ0) is 29.3. The fourth-order valence-corrected chi connectivity index (χ4v) is 6.85. The molecule has 4 aliphatic rings. The van der Waals surface area contributed by atoms with E-state index in [1.54, 1.807) is 4.90 Å².